The van der Waals surface area contributed by atoms with Gasteiger partial charge in [0.15, 0.2) is 0 Å². The molecule has 1 N–H and O–H groups in total. The number of nitrogens with zero attached hydrogens (tertiary/aromatic N) is 1. The number of piperidine rings is 1. The minimum atomic E-state index is -0.809. The van der Waals surface area contributed by atoms with Crippen LogP contribution in [0.3, 0.4) is 0 Å². The number of amides is 2. The van der Waals surface area contributed by atoms with Crippen molar-refractivity contribution in [3.63, 3.8) is 0 Å². The van der Waals surface area contributed by atoms with E-state index in [2.05, 4.69) is 6.92 Å². The Balaban J connectivity index is 2.01. The molecule has 1 heterocycles. The van der Waals surface area contributed by atoms with Gasteiger partial charge in [0.2, 0.25) is 11.8 Å². The van der Waals surface area contributed by atoms with Crippen LogP contribution in [-0.2, 0) is 16.0 Å². The number of rotatable bonds is 5. The average Bonchev–Trinajstić information content (AvgIpc) is 2.44. The first kappa shape index (κ1) is 14.7. The summed E-state index contributed by atoms with van der Waals surface area (Å²) in [7, 11) is 0. The zero-order chi connectivity index (χ0) is 14.5. The van der Waals surface area contributed by atoms with E-state index in [9.17, 15) is 14.7 Å². The first-order valence-corrected chi connectivity index (χ1v) is 7.22. The van der Waals surface area contributed by atoms with Crippen molar-refractivity contribution in [3.05, 3.63) is 35.4 Å². The van der Waals surface area contributed by atoms with Crippen molar-refractivity contribution < 1.29 is 14.7 Å². The summed E-state index contributed by atoms with van der Waals surface area (Å²) < 4.78 is 0. The highest BCUT2D eigenvalue weighted by Gasteiger charge is 2.27. The third-order valence-electron chi connectivity index (χ3n) is 3.64. The molecular formula is C16H21NO3. The Bertz CT molecular complexity index is 465. The Labute approximate surface area is 119 Å². The molecule has 0 aliphatic carbocycles. The van der Waals surface area contributed by atoms with Crippen molar-refractivity contribution in [1.82, 2.24) is 4.90 Å². The fraction of sp³-hybridized carbons (Fsp3) is 0.500. The van der Waals surface area contributed by atoms with Crippen LogP contribution in [0.2, 0.25) is 0 Å². The van der Waals surface area contributed by atoms with E-state index in [4.69, 9.17) is 0 Å². The molecule has 108 valence electrons. The van der Waals surface area contributed by atoms with Crippen LogP contribution in [0.5, 0.6) is 0 Å². The summed E-state index contributed by atoms with van der Waals surface area (Å²) in [5.74, 6) is -0.356. The highest BCUT2D eigenvalue weighted by molar-refractivity contribution is 5.97. The average molecular weight is 275 g/mol. The number of hydrogen-bond donors (Lipinski definition) is 1. The molecule has 2 amide bonds. The summed E-state index contributed by atoms with van der Waals surface area (Å²) in [5.41, 5.74) is 1.98. The summed E-state index contributed by atoms with van der Waals surface area (Å²) >= 11 is 0. The third-order valence-corrected chi connectivity index (χ3v) is 3.64. The lowest BCUT2D eigenvalue weighted by Crippen LogP contribution is -2.42. The van der Waals surface area contributed by atoms with Crippen LogP contribution in [0, 0.1) is 0 Å². The number of aryl methyl sites for hydroxylation is 1. The van der Waals surface area contributed by atoms with Gasteiger partial charge in [-0.2, -0.15) is 0 Å². The van der Waals surface area contributed by atoms with Crippen LogP contribution in [-0.4, -0.2) is 28.4 Å². The third kappa shape index (κ3) is 3.45. The maximum absolute atomic E-state index is 11.7. The molecule has 0 aromatic heterocycles. The van der Waals surface area contributed by atoms with Gasteiger partial charge in [0.1, 0.15) is 0 Å². The van der Waals surface area contributed by atoms with Gasteiger partial charge in [-0.3, -0.25) is 14.5 Å². The lowest BCUT2D eigenvalue weighted by molar-refractivity contribution is -0.149. The molecule has 1 aromatic rings. The van der Waals surface area contributed by atoms with Crippen LogP contribution in [0.4, 0.5) is 0 Å². The summed E-state index contributed by atoms with van der Waals surface area (Å²) in [5, 5.41) is 10.2. The van der Waals surface area contributed by atoms with Gasteiger partial charge in [-0.25, -0.2) is 0 Å². The van der Waals surface area contributed by atoms with E-state index in [0.29, 0.717) is 19.3 Å². The molecule has 4 nitrogen and oxygen atoms in total. The van der Waals surface area contributed by atoms with Crippen molar-refractivity contribution in [2.45, 2.75) is 45.1 Å². The highest BCUT2D eigenvalue weighted by atomic mass is 16.3. The largest absolute Gasteiger partial charge is 0.387 e. The molecule has 1 unspecified atom stereocenters. The first-order chi connectivity index (χ1) is 9.61. The van der Waals surface area contributed by atoms with Gasteiger partial charge >= 0.3 is 0 Å². The fourth-order valence-corrected chi connectivity index (χ4v) is 2.48. The summed E-state index contributed by atoms with van der Waals surface area (Å²) in [6.45, 7) is 2.18. The zero-order valence-corrected chi connectivity index (χ0v) is 11.8. The lowest BCUT2D eigenvalue weighted by atomic mass is 10.0. The summed E-state index contributed by atoms with van der Waals surface area (Å²) in [6.07, 6.45) is 2.70. The number of carbonyl (C=O) groups excluding carboxylic acids is 2. The normalized spacial score (nSPS) is 17.4. The van der Waals surface area contributed by atoms with E-state index >= 15 is 0 Å². The molecule has 1 fully saturated rings. The molecule has 1 saturated heterocycles. The molecule has 4 heteroatoms. The summed E-state index contributed by atoms with van der Waals surface area (Å²) in [6, 6.07) is 7.72. The zero-order valence-electron chi connectivity index (χ0n) is 11.8. The van der Waals surface area contributed by atoms with Crippen molar-refractivity contribution in [1.29, 1.82) is 0 Å². The lowest BCUT2D eigenvalue weighted by Gasteiger charge is -2.27. The Morgan fingerprint density at radius 1 is 1.15 bits per heavy atom. The SMILES string of the molecule is CCCc1ccc(C(O)CN2C(=O)CCCC2=O)cc1. The number of benzene rings is 1. The number of aliphatic hydroxyl groups is 1. The van der Waals surface area contributed by atoms with E-state index < -0.39 is 6.10 Å². The van der Waals surface area contributed by atoms with E-state index in [1.54, 1.807) is 0 Å². The topological polar surface area (TPSA) is 57.6 Å². The van der Waals surface area contributed by atoms with Crippen molar-refractivity contribution in [3.8, 4) is 0 Å². The predicted molar refractivity (Wildman–Crippen MR) is 76.0 cm³/mol. The molecule has 1 aromatic carbocycles. The van der Waals surface area contributed by atoms with E-state index in [-0.39, 0.29) is 18.4 Å². The van der Waals surface area contributed by atoms with E-state index in [1.807, 2.05) is 24.3 Å². The molecule has 0 bridgehead atoms. The molecule has 0 spiro atoms. The first-order valence-electron chi connectivity index (χ1n) is 7.22. The molecule has 2 rings (SSSR count). The van der Waals surface area contributed by atoms with Crippen molar-refractivity contribution >= 4 is 11.8 Å². The van der Waals surface area contributed by atoms with Crippen LogP contribution in [0.1, 0.15) is 49.8 Å². The maximum atomic E-state index is 11.7. The standard InChI is InChI=1S/C16H21NO3/c1-2-4-12-7-9-13(10-8-12)14(18)11-17-15(19)5-3-6-16(17)20/h7-10,14,18H,2-6,11H2,1H3. The van der Waals surface area contributed by atoms with Gasteiger partial charge in [-0.15, -0.1) is 0 Å². The molecule has 0 saturated carbocycles. The number of β-amino-alcohol motifs (C(OH)–C–C–N with tert-alkyl or cyclic N) is 1. The van der Waals surface area contributed by atoms with Crippen molar-refractivity contribution in [2.24, 2.45) is 0 Å². The quantitative estimate of drug-likeness (QED) is 0.838. The minimum absolute atomic E-state index is 0.0603. The number of likely N-dealkylation sites (tertiary alicyclic amines) is 1. The number of imide groups is 1. The Kier molecular flexibility index (Phi) is 4.90. The monoisotopic (exact) mass is 275 g/mol. The second kappa shape index (κ2) is 6.66. The predicted octanol–water partition coefficient (Wildman–Crippen LogP) is 2.21. The van der Waals surface area contributed by atoms with E-state index in [0.717, 1.165) is 18.4 Å². The van der Waals surface area contributed by atoms with Gasteiger partial charge in [0.05, 0.1) is 12.6 Å². The van der Waals surface area contributed by atoms with Crippen molar-refractivity contribution in [2.75, 3.05) is 6.54 Å². The van der Waals surface area contributed by atoms with Gasteiger partial charge in [-0.05, 0) is 24.0 Å². The maximum Gasteiger partial charge on any atom is 0.229 e. The second-order valence-corrected chi connectivity index (χ2v) is 5.26. The minimum Gasteiger partial charge on any atom is -0.387 e. The molecule has 1 atom stereocenters. The van der Waals surface area contributed by atoms with E-state index in [1.165, 1.54) is 10.5 Å². The Morgan fingerprint density at radius 2 is 1.75 bits per heavy atom. The smallest absolute Gasteiger partial charge is 0.229 e. The number of hydrogen-bond acceptors (Lipinski definition) is 3. The molecule has 20 heavy (non-hydrogen) atoms. The Hall–Kier alpha value is -1.68. The number of aliphatic hydroxyl groups excluding tert-OH is 1. The second-order valence-electron chi connectivity index (χ2n) is 5.26. The van der Waals surface area contributed by atoms with Gasteiger partial charge in [-0.1, -0.05) is 37.6 Å². The van der Waals surface area contributed by atoms with Crippen LogP contribution >= 0.6 is 0 Å². The highest BCUT2D eigenvalue weighted by Crippen LogP contribution is 2.19. The number of carbonyl (C=O) groups is 2. The van der Waals surface area contributed by atoms with Crippen LogP contribution in [0.25, 0.3) is 0 Å². The molecule has 0 radical (unpaired) electrons. The van der Waals surface area contributed by atoms with Crippen LogP contribution < -0.4 is 0 Å². The molecular weight excluding hydrogens is 254 g/mol. The molecule has 1 aliphatic rings. The fourth-order valence-electron chi connectivity index (χ4n) is 2.48. The van der Waals surface area contributed by atoms with Gasteiger partial charge < -0.3 is 5.11 Å². The van der Waals surface area contributed by atoms with Crippen LogP contribution in [0.15, 0.2) is 24.3 Å². The Morgan fingerprint density at radius 3 is 2.30 bits per heavy atom. The van der Waals surface area contributed by atoms with Gasteiger partial charge in [0, 0.05) is 12.8 Å². The summed E-state index contributed by atoms with van der Waals surface area (Å²) in [4.78, 5) is 24.6. The molecule has 1 aliphatic heterocycles. The van der Waals surface area contributed by atoms with Gasteiger partial charge in [0.25, 0.3) is 0 Å².